The molecule has 13 heavy (non-hydrogen) atoms. The Labute approximate surface area is 81.7 Å². The maximum atomic E-state index is 11.1. The average Bonchev–Trinajstić information content (AvgIpc) is 2.15. The number of nitrogens with one attached hydrogen (secondary N) is 1. The van der Waals surface area contributed by atoms with Crippen molar-refractivity contribution in [2.24, 2.45) is 5.73 Å². The average molecular weight is 206 g/mol. The summed E-state index contributed by atoms with van der Waals surface area (Å²) in [4.78, 5) is 11.1. The zero-order chi connectivity index (χ0) is 10.3. The third-order valence-corrected chi connectivity index (χ3v) is 3.03. The van der Waals surface area contributed by atoms with Gasteiger partial charge in [0.25, 0.3) is 0 Å². The number of carbonyl (C=O) groups excluding carboxylic acids is 1. The van der Waals surface area contributed by atoms with Gasteiger partial charge in [0.2, 0.25) is 5.91 Å². The van der Waals surface area contributed by atoms with E-state index in [0.717, 1.165) is 0 Å². The van der Waals surface area contributed by atoms with Crippen LogP contribution >= 0.6 is 0 Å². The van der Waals surface area contributed by atoms with Gasteiger partial charge in [0.05, 0.1) is 6.04 Å². The van der Waals surface area contributed by atoms with Crippen LogP contribution < -0.4 is 11.1 Å². The second-order valence-corrected chi connectivity index (χ2v) is 4.60. The molecule has 0 aliphatic carbocycles. The molecule has 78 valence electrons. The number of hydrogen-bond acceptors (Lipinski definition) is 3. The quantitative estimate of drug-likeness (QED) is 0.621. The Morgan fingerprint density at radius 2 is 2.15 bits per heavy atom. The molecule has 1 amide bonds. The van der Waals surface area contributed by atoms with E-state index in [1.807, 2.05) is 13.8 Å². The fraction of sp³-hybridized carbons (Fsp3) is 0.875. The van der Waals surface area contributed by atoms with Crippen LogP contribution in [0.3, 0.4) is 0 Å². The van der Waals surface area contributed by atoms with Gasteiger partial charge in [-0.05, 0) is 6.42 Å². The third-order valence-electron chi connectivity index (χ3n) is 1.73. The molecular formula is C8H18N2O2S. The molecule has 0 saturated heterocycles. The molecule has 0 aromatic heterocycles. The van der Waals surface area contributed by atoms with Crippen LogP contribution in [-0.2, 0) is 15.6 Å². The fourth-order valence-corrected chi connectivity index (χ4v) is 1.37. The summed E-state index contributed by atoms with van der Waals surface area (Å²) in [6, 6.07) is -0.435. The van der Waals surface area contributed by atoms with Gasteiger partial charge in [-0.3, -0.25) is 9.00 Å². The largest absolute Gasteiger partial charge is 0.354 e. The molecule has 4 nitrogen and oxygen atoms in total. The second-order valence-electron chi connectivity index (χ2n) is 2.74. The maximum Gasteiger partial charge on any atom is 0.236 e. The van der Waals surface area contributed by atoms with E-state index in [1.54, 1.807) is 0 Å². The van der Waals surface area contributed by atoms with Crippen molar-refractivity contribution in [3.05, 3.63) is 0 Å². The van der Waals surface area contributed by atoms with Crippen LogP contribution in [0, 0.1) is 0 Å². The van der Waals surface area contributed by atoms with Gasteiger partial charge in [-0.1, -0.05) is 13.8 Å². The molecule has 0 aliphatic rings. The third kappa shape index (κ3) is 5.76. The molecule has 0 radical (unpaired) electrons. The van der Waals surface area contributed by atoms with Gasteiger partial charge in [-0.2, -0.15) is 0 Å². The lowest BCUT2D eigenvalue weighted by Crippen LogP contribution is -2.41. The van der Waals surface area contributed by atoms with Gasteiger partial charge < -0.3 is 11.1 Å². The number of carbonyl (C=O) groups is 1. The topological polar surface area (TPSA) is 72.2 Å². The normalized spacial score (nSPS) is 15.0. The van der Waals surface area contributed by atoms with Crippen LogP contribution in [0.15, 0.2) is 0 Å². The van der Waals surface area contributed by atoms with E-state index in [4.69, 9.17) is 5.73 Å². The van der Waals surface area contributed by atoms with Crippen molar-refractivity contribution < 1.29 is 9.00 Å². The van der Waals surface area contributed by atoms with Gasteiger partial charge >= 0.3 is 0 Å². The summed E-state index contributed by atoms with van der Waals surface area (Å²) < 4.78 is 11.0. The Morgan fingerprint density at radius 3 is 2.62 bits per heavy atom. The van der Waals surface area contributed by atoms with Crippen molar-refractivity contribution in [1.29, 1.82) is 0 Å². The monoisotopic (exact) mass is 206 g/mol. The molecule has 0 fully saturated rings. The number of nitrogens with two attached hydrogens (primary N) is 1. The summed E-state index contributed by atoms with van der Waals surface area (Å²) in [5, 5.41) is 2.64. The lowest BCUT2D eigenvalue weighted by molar-refractivity contribution is -0.122. The van der Waals surface area contributed by atoms with Crippen molar-refractivity contribution in [2.75, 3.05) is 18.1 Å². The van der Waals surface area contributed by atoms with Crippen molar-refractivity contribution in [1.82, 2.24) is 5.32 Å². The van der Waals surface area contributed by atoms with Gasteiger partial charge in [0, 0.05) is 28.9 Å². The molecule has 0 heterocycles. The van der Waals surface area contributed by atoms with E-state index < -0.39 is 16.8 Å². The van der Waals surface area contributed by atoms with Crippen molar-refractivity contribution in [2.45, 2.75) is 26.3 Å². The van der Waals surface area contributed by atoms with E-state index in [-0.39, 0.29) is 5.91 Å². The van der Waals surface area contributed by atoms with Gasteiger partial charge in [-0.25, -0.2) is 0 Å². The highest BCUT2D eigenvalue weighted by Crippen LogP contribution is 1.85. The standard InChI is InChI=1S/C8H18N2O2S/c1-3-7(9)8(11)10-5-6-13(12)4-2/h7H,3-6,9H2,1-2H3,(H,10,11). The molecule has 0 saturated carbocycles. The van der Waals surface area contributed by atoms with E-state index in [9.17, 15) is 9.00 Å². The molecular weight excluding hydrogens is 188 g/mol. The van der Waals surface area contributed by atoms with Crippen LogP contribution in [0.5, 0.6) is 0 Å². The number of amides is 1. The highest BCUT2D eigenvalue weighted by Gasteiger charge is 2.09. The minimum Gasteiger partial charge on any atom is -0.354 e. The first kappa shape index (κ1) is 12.6. The highest BCUT2D eigenvalue weighted by molar-refractivity contribution is 7.84. The summed E-state index contributed by atoms with van der Waals surface area (Å²) >= 11 is 0. The molecule has 0 rings (SSSR count). The number of rotatable bonds is 6. The molecule has 3 N–H and O–H groups in total. The highest BCUT2D eigenvalue weighted by atomic mass is 32.2. The predicted molar refractivity (Wildman–Crippen MR) is 54.8 cm³/mol. The Morgan fingerprint density at radius 1 is 1.54 bits per heavy atom. The van der Waals surface area contributed by atoms with Crippen LogP contribution in [0.4, 0.5) is 0 Å². The maximum absolute atomic E-state index is 11.1. The van der Waals surface area contributed by atoms with E-state index in [2.05, 4.69) is 5.32 Å². The van der Waals surface area contributed by atoms with Crippen LogP contribution in [0.1, 0.15) is 20.3 Å². The summed E-state index contributed by atoms with van der Waals surface area (Å²) in [6.45, 7) is 4.16. The summed E-state index contributed by atoms with van der Waals surface area (Å²) in [7, 11) is -0.814. The molecule has 5 heteroatoms. The molecule has 0 spiro atoms. The number of hydrogen-bond donors (Lipinski definition) is 2. The van der Waals surface area contributed by atoms with E-state index in [0.29, 0.717) is 24.5 Å². The van der Waals surface area contributed by atoms with Gasteiger partial charge in [-0.15, -0.1) is 0 Å². The summed E-state index contributed by atoms with van der Waals surface area (Å²) in [5.41, 5.74) is 5.48. The minimum absolute atomic E-state index is 0.157. The Hall–Kier alpha value is -0.420. The predicted octanol–water partition coefficient (Wildman–Crippen LogP) is -0.391. The molecule has 0 aromatic carbocycles. The Bertz CT molecular complexity index is 185. The summed E-state index contributed by atoms with van der Waals surface area (Å²) in [5.74, 6) is 0.990. The van der Waals surface area contributed by atoms with Gasteiger partial charge in [0.1, 0.15) is 0 Å². The smallest absolute Gasteiger partial charge is 0.236 e. The summed E-state index contributed by atoms with van der Waals surface area (Å²) in [6.07, 6.45) is 0.628. The first-order chi connectivity index (χ1) is 6.11. The molecule has 0 bridgehead atoms. The molecule has 0 aliphatic heterocycles. The van der Waals surface area contributed by atoms with Crippen LogP contribution in [0.25, 0.3) is 0 Å². The Balaban J connectivity index is 3.53. The molecule has 2 unspecified atom stereocenters. The van der Waals surface area contributed by atoms with E-state index in [1.165, 1.54) is 0 Å². The zero-order valence-corrected chi connectivity index (χ0v) is 9.02. The minimum atomic E-state index is -0.814. The zero-order valence-electron chi connectivity index (χ0n) is 8.21. The lowest BCUT2D eigenvalue weighted by atomic mass is 10.2. The second kappa shape index (κ2) is 7.03. The van der Waals surface area contributed by atoms with Gasteiger partial charge in [0.15, 0.2) is 0 Å². The fourth-order valence-electron chi connectivity index (χ4n) is 0.749. The van der Waals surface area contributed by atoms with Crippen molar-refractivity contribution in [3.63, 3.8) is 0 Å². The SMILES string of the molecule is CCC(N)C(=O)NCCS(=O)CC. The van der Waals surface area contributed by atoms with E-state index >= 15 is 0 Å². The Kier molecular flexibility index (Phi) is 6.80. The lowest BCUT2D eigenvalue weighted by Gasteiger charge is -2.09. The molecule has 2 atom stereocenters. The van der Waals surface area contributed by atoms with Crippen molar-refractivity contribution in [3.8, 4) is 0 Å². The first-order valence-electron chi connectivity index (χ1n) is 4.50. The van der Waals surface area contributed by atoms with Crippen LogP contribution in [-0.4, -0.2) is 34.2 Å². The van der Waals surface area contributed by atoms with Crippen molar-refractivity contribution >= 4 is 16.7 Å². The molecule has 0 aromatic rings. The first-order valence-corrected chi connectivity index (χ1v) is 5.98. The van der Waals surface area contributed by atoms with Crippen LogP contribution in [0.2, 0.25) is 0 Å².